The van der Waals surface area contributed by atoms with Crippen molar-refractivity contribution >= 4 is 23.3 Å². The van der Waals surface area contributed by atoms with Crippen molar-refractivity contribution in [2.45, 2.75) is 26.8 Å². The number of hydrogen-bond donors (Lipinski definition) is 1. The van der Waals surface area contributed by atoms with E-state index in [0.717, 1.165) is 18.2 Å². The number of halogens is 2. The molecule has 0 saturated carbocycles. The van der Waals surface area contributed by atoms with E-state index in [1.165, 1.54) is 4.90 Å². The van der Waals surface area contributed by atoms with Crippen LogP contribution in [0.1, 0.15) is 25.8 Å². The van der Waals surface area contributed by atoms with Gasteiger partial charge in [-0.3, -0.25) is 9.69 Å². The predicted molar refractivity (Wildman–Crippen MR) is 104 cm³/mol. The van der Waals surface area contributed by atoms with Crippen LogP contribution in [0.3, 0.4) is 0 Å². The molecular formula is C21H23F2N3O2. The highest BCUT2D eigenvalue weighted by Gasteiger charge is 2.27. The second-order valence-corrected chi connectivity index (χ2v) is 7.14. The zero-order chi connectivity index (χ0) is 20.3. The van der Waals surface area contributed by atoms with Crippen molar-refractivity contribution < 1.29 is 18.4 Å². The van der Waals surface area contributed by atoms with Crippen LogP contribution in [0.4, 0.5) is 25.0 Å². The summed E-state index contributed by atoms with van der Waals surface area (Å²) in [6.45, 7) is 4.66. The van der Waals surface area contributed by atoms with Crippen LogP contribution >= 0.6 is 0 Å². The molecule has 0 atom stereocenters. The van der Waals surface area contributed by atoms with Gasteiger partial charge >= 0.3 is 6.03 Å². The standard InChI is InChI=1S/C21H23F2N3O2/c1-14(2)20(27)24-17-5-7-18(8-6-17)26-11-3-10-25(21(26)28)13-15-12-16(22)4-9-19(15)23/h4-9,12,14H,3,10-11,13H2,1-2H3,(H,24,27). The van der Waals surface area contributed by atoms with Gasteiger partial charge in [-0.2, -0.15) is 0 Å². The van der Waals surface area contributed by atoms with Crippen molar-refractivity contribution in [1.82, 2.24) is 4.90 Å². The third-order valence-electron chi connectivity index (χ3n) is 4.65. The molecule has 0 spiro atoms. The maximum absolute atomic E-state index is 13.9. The Labute approximate surface area is 162 Å². The summed E-state index contributed by atoms with van der Waals surface area (Å²) >= 11 is 0. The number of nitrogens with zero attached hydrogens (tertiary/aromatic N) is 2. The molecule has 2 aromatic rings. The number of carbonyl (C=O) groups excluding carboxylic acids is 2. The quantitative estimate of drug-likeness (QED) is 0.827. The van der Waals surface area contributed by atoms with Crippen molar-refractivity contribution in [3.63, 3.8) is 0 Å². The van der Waals surface area contributed by atoms with E-state index < -0.39 is 11.6 Å². The van der Waals surface area contributed by atoms with E-state index in [4.69, 9.17) is 0 Å². The fourth-order valence-corrected chi connectivity index (χ4v) is 3.05. The molecular weight excluding hydrogens is 364 g/mol. The Morgan fingerprint density at radius 3 is 2.50 bits per heavy atom. The Kier molecular flexibility index (Phi) is 5.92. The van der Waals surface area contributed by atoms with Gasteiger partial charge in [0, 0.05) is 35.9 Å². The molecule has 0 unspecified atom stereocenters. The average Bonchev–Trinajstić information content (AvgIpc) is 2.67. The molecule has 0 radical (unpaired) electrons. The van der Waals surface area contributed by atoms with Crippen molar-refractivity contribution in [3.05, 3.63) is 59.7 Å². The molecule has 2 aromatic carbocycles. The zero-order valence-corrected chi connectivity index (χ0v) is 15.9. The zero-order valence-electron chi connectivity index (χ0n) is 15.9. The molecule has 1 fully saturated rings. The SMILES string of the molecule is CC(C)C(=O)Nc1ccc(N2CCCN(Cc3cc(F)ccc3F)C2=O)cc1. The van der Waals surface area contributed by atoms with Crippen LogP contribution in [-0.4, -0.2) is 29.9 Å². The smallest absolute Gasteiger partial charge is 0.324 e. The fraction of sp³-hybridized carbons (Fsp3) is 0.333. The van der Waals surface area contributed by atoms with Crippen LogP contribution in [0.5, 0.6) is 0 Å². The van der Waals surface area contributed by atoms with Crippen molar-refractivity contribution in [3.8, 4) is 0 Å². The number of anilines is 2. The first-order valence-corrected chi connectivity index (χ1v) is 9.26. The van der Waals surface area contributed by atoms with Gasteiger partial charge in [0.15, 0.2) is 0 Å². The Morgan fingerprint density at radius 2 is 1.82 bits per heavy atom. The van der Waals surface area contributed by atoms with Crippen LogP contribution in [-0.2, 0) is 11.3 Å². The van der Waals surface area contributed by atoms with Crippen LogP contribution in [0.15, 0.2) is 42.5 Å². The van der Waals surface area contributed by atoms with E-state index >= 15 is 0 Å². The largest absolute Gasteiger partial charge is 0.326 e. The minimum Gasteiger partial charge on any atom is -0.326 e. The molecule has 0 aromatic heterocycles. The molecule has 1 N–H and O–H groups in total. The molecule has 1 saturated heterocycles. The minimum absolute atomic E-state index is 0.0153. The fourth-order valence-electron chi connectivity index (χ4n) is 3.05. The van der Waals surface area contributed by atoms with Crippen LogP contribution in [0.25, 0.3) is 0 Å². The Morgan fingerprint density at radius 1 is 1.11 bits per heavy atom. The molecule has 28 heavy (non-hydrogen) atoms. The van der Waals surface area contributed by atoms with E-state index in [-0.39, 0.29) is 30.0 Å². The Bertz CT molecular complexity index is 868. The number of urea groups is 1. The minimum atomic E-state index is -0.531. The molecule has 0 bridgehead atoms. The normalized spacial score (nSPS) is 14.5. The second-order valence-electron chi connectivity index (χ2n) is 7.14. The van der Waals surface area contributed by atoms with Crippen molar-refractivity contribution in [1.29, 1.82) is 0 Å². The second kappa shape index (κ2) is 8.37. The summed E-state index contributed by atoms with van der Waals surface area (Å²) in [6, 6.07) is 10.0. The third-order valence-corrected chi connectivity index (χ3v) is 4.65. The van der Waals surface area contributed by atoms with Gasteiger partial charge in [-0.25, -0.2) is 13.6 Å². The maximum atomic E-state index is 13.9. The van der Waals surface area contributed by atoms with E-state index in [0.29, 0.717) is 30.9 Å². The maximum Gasteiger partial charge on any atom is 0.324 e. The summed E-state index contributed by atoms with van der Waals surface area (Å²) in [7, 11) is 0. The molecule has 148 valence electrons. The van der Waals surface area contributed by atoms with E-state index in [9.17, 15) is 18.4 Å². The van der Waals surface area contributed by atoms with Gasteiger partial charge in [-0.05, 0) is 48.9 Å². The summed E-state index contributed by atoms with van der Waals surface area (Å²) in [6.07, 6.45) is 0.717. The van der Waals surface area contributed by atoms with Gasteiger partial charge in [-0.1, -0.05) is 13.8 Å². The lowest BCUT2D eigenvalue weighted by molar-refractivity contribution is -0.118. The number of carbonyl (C=O) groups is 2. The predicted octanol–water partition coefficient (Wildman–Crippen LogP) is 4.39. The monoisotopic (exact) mass is 387 g/mol. The Balaban J connectivity index is 1.71. The summed E-state index contributed by atoms with van der Waals surface area (Å²) in [5, 5.41) is 2.81. The number of amides is 3. The number of rotatable bonds is 5. The molecule has 3 amide bonds. The average molecular weight is 387 g/mol. The van der Waals surface area contributed by atoms with E-state index in [2.05, 4.69) is 5.32 Å². The summed E-state index contributed by atoms with van der Waals surface area (Å²) in [5.74, 6) is -1.27. The summed E-state index contributed by atoms with van der Waals surface area (Å²) in [4.78, 5) is 27.7. The summed E-state index contributed by atoms with van der Waals surface area (Å²) < 4.78 is 27.3. The first kappa shape index (κ1) is 19.8. The van der Waals surface area contributed by atoms with E-state index in [1.54, 1.807) is 29.2 Å². The topological polar surface area (TPSA) is 52.7 Å². The van der Waals surface area contributed by atoms with E-state index in [1.807, 2.05) is 13.8 Å². The highest BCUT2D eigenvalue weighted by molar-refractivity contribution is 5.94. The number of nitrogens with one attached hydrogen (secondary N) is 1. The number of hydrogen-bond acceptors (Lipinski definition) is 2. The van der Waals surface area contributed by atoms with Crippen LogP contribution in [0, 0.1) is 17.6 Å². The molecule has 1 aliphatic heterocycles. The molecule has 0 aliphatic carbocycles. The highest BCUT2D eigenvalue weighted by Crippen LogP contribution is 2.24. The lowest BCUT2D eigenvalue weighted by Crippen LogP contribution is -2.49. The van der Waals surface area contributed by atoms with Gasteiger partial charge in [0.05, 0.1) is 6.54 Å². The summed E-state index contributed by atoms with van der Waals surface area (Å²) in [5.41, 5.74) is 1.50. The lowest BCUT2D eigenvalue weighted by Gasteiger charge is -2.35. The molecule has 7 heteroatoms. The van der Waals surface area contributed by atoms with Gasteiger partial charge in [-0.15, -0.1) is 0 Å². The molecule has 3 rings (SSSR count). The van der Waals surface area contributed by atoms with Crippen LogP contribution < -0.4 is 10.2 Å². The lowest BCUT2D eigenvalue weighted by atomic mass is 10.1. The Hall–Kier alpha value is -2.96. The molecule has 1 heterocycles. The first-order chi connectivity index (χ1) is 13.3. The van der Waals surface area contributed by atoms with Gasteiger partial charge in [0.25, 0.3) is 0 Å². The van der Waals surface area contributed by atoms with Crippen LogP contribution in [0.2, 0.25) is 0 Å². The van der Waals surface area contributed by atoms with Crippen molar-refractivity contribution in [2.75, 3.05) is 23.3 Å². The molecule has 1 aliphatic rings. The first-order valence-electron chi connectivity index (χ1n) is 9.26. The highest BCUT2D eigenvalue weighted by atomic mass is 19.1. The third kappa shape index (κ3) is 4.47. The van der Waals surface area contributed by atoms with Gasteiger partial charge < -0.3 is 10.2 Å². The number of benzene rings is 2. The van der Waals surface area contributed by atoms with Gasteiger partial charge in [0.2, 0.25) is 5.91 Å². The van der Waals surface area contributed by atoms with Crippen molar-refractivity contribution in [2.24, 2.45) is 5.92 Å². The molecule has 5 nitrogen and oxygen atoms in total. The van der Waals surface area contributed by atoms with Gasteiger partial charge in [0.1, 0.15) is 11.6 Å².